The Balaban J connectivity index is 3.99. The molecule has 0 aliphatic heterocycles. The van der Waals surface area contributed by atoms with E-state index in [0.717, 1.165) is 24.7 Å². The first-order valence-electron chi connectivity index (χ1n) is 20.0. The predicted molar refractivity (Wildman–Crippen MR) is 192 cm³/mol. The molecule has 0 aliphatic carbocycles. The number of hydrogen-bond acceptors (Lipinski definition) is 2. The van der Waals surface area contributed by atoms with Gasteiger partial charge in [-0.15, -0.1) is 0 Å². The summed E-state index contributed by atoms with van der Waals surface area (Å²) in [7, 11) is 0. The third kappa shape index (κ3) is 31.2. The van der Waals surface area contributed by atoms with Gasteiger partial charge in [0.15, 0.2) is 0 Å². The van der Waals surface area contributed by atoms with Crippen LogP contribution in [0.1, 0.15) is 220 Å². The maximum atomic E-state index is 10.6. The monoisotopic (exact) mass is 608 g/mol. The average Bonchev–Trinajstić information content (AvgIpc) is 3.00. The molecule has 0 aromatic carbocycles. The van der Waals surface area contributed by atoms with Gasteiger partial charge in [-0.25, -0.2) is 0 Å². The fourth-order valence-corrected chi connectivity index (χ4v) is 7.07. The second kappa shape index (κ2) is 34.3. The van der Waals surface area contributed by atoms with Crippen molar-refractivity contribution in [2.45, 2.75) is 220 Å². The van der Waals surface area contributed by atoms with E-state index in [1.807, 2.05) is 0 Å². The van der Waals surface area contributed by atoms with Crippen LogP contribution in [0, 0.1) is 11.8 Å². The minimum Gasteiger partial charge on any atom is -0.481 e. The molecule has 0 rings (SSSR count). The minimum absolute atomic E-state index is 0.341. The van der Waals surface area contributed by atoms with Crippen LogP contribution in [0.5, 0.6) is 0 Å². The van der Waals surface area contributed by atoms with Gasteiger partial charge in [0.2, 0.25) is 0 Å². The first-order valence-corrected chi connectivity index (χ1v) is 20.0. The second-order valence-corrected chi connectivity index (χ2v) is 14.1. The molecule has 0 amide bonds. The number of unbranched alkanes of at least 4 members (excludes halogenated alkanes) is 18. The maximum Gasteiger partial charge on any atom is 0.303 e. The zero-order chi connectivity index (χ0) is 31.6. The Hall–Kier alpha value is -0.570. The van der Waals surface area contributed by atoms with E-state index in [9.17, 15) is 4.79 Å². The van der Waals surface area contributed by atoms with Gasteiger partial charge in [0.1, 0.15) is 0 Å². The van der Waals surface area contributed by atoms with E-state index in [4.69, 9.17) is 5.11 Å². The Labute approximate surface area is 272 Å². The summed E-state index contributed by atoms with van der Waals surface area (Å²) in [5.41, 5.74) is 0. The summed E-state index contributed by atoms with van der Waals surface area (Å²) in [5, 5.41) is 8.77. The van der Waals surface area contributed by atoms with E-state index >= 15 is 0 Å². The third-order valence-electron chi connectivity index (χ3n) is 10.1. The van der Waals surface area contributed by atoms with E-state index in [2.05, 4.69) is 32.6 Å². The van der Waals surface area contributed by atoms with Gasteiger partial charge in [0.25, 0.3) is 0 Å². The van der Waals surface area contributed by atoms with Crippen LogP contribution in [0.3, 0.4) is 0 Å². The topological polar surface area (TPSA) is 40.5 Å². The molecule has 43 heavy (non-hydrogen) atoms. The van der Waals surface area contributed by atoms with E-state index < -0.39 is 5.97 Å². The van der Waals surface area contributed by atoms with Gasteiger partial charge in [0.05, 0.1) is 0 Å². The lowest BCUT2D eigenvalue weighted by Crippen LogP contribution is -2.24. The molecule has 1 atom stereocenters. The SMILES string of the molecule is CCCCCC(CCCCC)CCCCCCCCCCCC(CCCCCCCCCC(=O)O)CCCN(CC)CC. The van der Waals surface area contributed by atoms with Crippen LogP contribution in [0.15, 0.2) is 0 Å². The first-order chi connectivity index (χ1) is 21.1. The molecule has 0 heterocycles. The fourth-order valence-electron chi connectivity index (χ4n) is 7.07. The standard InChI is InChI=1S/C40H81NO2/c1-5-9-23-30-38(31-24-10-6-2)32-25-19-15-12-11-13-16-20-26-33-39(35-29-37-41(7-3)8-4)34-27-21-17-14-18-22-28-36-40(42)43/h38-39H,5-37H2,1-4H3,(H,42,43). The van der Waals surface area contributed by atoms with Gasteiger partial charge < -0.3 is 10.0 Å². The first kappa shape index (κ1) is 42.4. The molecule has 1 unspecified atom stereocenters. The van der Waals surface area contributed by atoms with Gasteiger partial charge in [0, 0.05) is 6.42 Å². The van der Waals surface area contributed by atoms with Crippen LogP contribution in [-0.4, -0.2) is 35.6 Å². The van der Waals surface area contributed by atoms with Crippen LogP contribution < -0.4 is 0 Å². The van der Waals surface area contributed by atoms with Crippen molar-refractivity contribution in [3.63, 3.8) is 0 Å². The molecular weight excluding hydrogens is 526 g/mol. The largest absolute Gasteiger partial charge is 0.481 e. The Morgan fingerprint density at radius 3 is 1.07 bits per heavy atom. The Kier molecular flexibility index (Phi) is 33.9. The van der Waals surface area contributed by atoms with Gasteiger partial charge in [-0.3, -0.25) is 4.79 Å². The lowest BCUT2D eigenvalue weighted by Gasteiger charge is -2.21. The molecular formula is C40H81NO2. The van der Waals surface area contributed by atoms with Crippen molar-refractivity contribution >= 4 is 5.97 Å². The summed E-state index contributed by atoms with van der Waals surface area (Å²) in [6.45, 7) is 12.9. The lowest BCUT2D eigenvalue weighted by molar-refractivity contribution is -0.137. The Morgan fingerprint density at radius 2 is 0.744 bits per heavy atom. The molecule has 0 saturated heterocycles. The number of nitrogens with zero attached hydrogens (tertiary/aromatic N) is 1. The molecule has 1 N–H and O–H groups in total. The molecule has 0 aromatic rings. The highest BCUT2D eigenvalue weighted by Crippen LogP contribution is 2.25. The summed E-state index contributed by atoms with van der Waals surface area (Å²) in [5.74, 6) is 1.30. The highest BCUT2D eigenvalue weighted by molar-refractivity contribution is 5.66. The zero-order valence-electron chi connectivity index (χ0n) is 30.3. The van der Waals surface area contributed by atoms with Crippen molar-refractivity contribution < 1.29 is 9.90 Å². The van der Waals surface area contributed by atoms with Crippen molar-refractivity contribution in [3.8, 4) is 0 Å². The van der Waals surface area contributed by atoms with Crippen LogP contribution in [0.2, 0.25) is 0 Å². The van der Waals surface area contributed by atoms with Crippen molar-refractivity contribution in [3.05, 3.63) is 0 Å². The van der Waals surface area contributed by atoms with Gasteiger partial charge in [-0.05, 0) is 50.7 Å². The van der Waals surface area contributed by atoms with Gasteiger partial charge >= 0.3 is 5.97 Å². The second-order valence-electron chi connectivity index (χ2n) is 14.1. The smallest absolute Gasteiger partial charge is 0.303 e. The Bertz CT molecular complexity index is 537. The number of hydrogen-bond donors (Lipinski definition) is 1. The van der Waals surface area contributed by atoms with Crippen molar-refractivity contribution in [1.29, 1.82) is 0 Å². The molecule has 3 heteroatoms. The molecule has 0 saturated carbocycles. The number of aliphatic carboxylic acids is 1. The number of rotatable bonds is 36. The summed E-state index contributed by atoms with van der Waals surface area (Å²) in [6.07, 6.45) is 40.6. The van der Waals surface area contributed by atoms with Crippen molar-refractivity contribution in [1.82, 2.24) is 4.90 Å². The normalized spacial score (nSPS) is 12.5. The minimum atomic E-state index is -0.646. The quantitative estimate of drug-likeness (QED) is 0.0720. The van der Waals surface area contributed by atoms with Crippen molar-refractivity contribution in [2.75, 3.05) is 19.6 Å². The molecule has 258 valence electrons. The summed E-state index contributed by atoms with van der Waals surface area (Å²) < 4.78 is 0. The zero-order valence-corrected chi connectivity index (χ0v) is 30.3. The molecule has 0 radical (unpaired) electrons. The third-order valence-corrected chi connectivity index (χ3v) is 10.1. The molecule has 0 spiro atoms. The summed E-state index contributed by atoms with van der Waals surface area (Å²) in [6, 6.07) is 0. The van der Waals surface area contributed by atoms with E-state index in [0.29, 0.717) is 6.42 Å². The number of carboxylic acids is 1. The average molecular weight is 608 g/mol. The van der Waals surface area contributed by atoms with Gasteiger partial charge in [-0.2, -0.15) is 0 Å². The van der Waals surface area contributed by atoms with Crippen LogP contribution in [0.25, 0.3) is 0 Å². The lowest BCUT2D eigenvalue weighted by atomic mass is 9.89. The fraction of sp³-hybridized carbons (Fsp3) is 0.975. The summed E-state index contributed by atoms with van der Waals surface area (Å²) in [4.78, 5) is 13.2. The number of carboxylic acid groups (broad SMARTS) is 1. The summed E-state index contributed by atoms with van der Waals surface area (Å²) >= 11 is 0. The predicted octanol–water partition coefficient (Wildman–Crippen LogP) is 13.4. The highest BCUT2D eigenvalue weighted by Gasteiger charge is 2.11. The van der Waals surface area contributed by atoms with E-state index in [1.54, 1.807) is 0 Å². The molecule has 0 fully saturated rings. The highest BCUT2D eigenvalue weighted by atomic mass is 16.4. The van der Waals surface area contributed by atoms with E-state index in [1.165, 1.54) is 193 Å². The molecule has 0 aliphatic rings. The Morgan fingerprint density at radius 1 is 0.442 bits per heavy atom. The van der Waals surface area contributed by atoms with Crippen LogP contribution >= 0.6 is 0 Å². The van der Waals surface area contributed by atoms with Crippen LogP contribution in [-0.2, 0) is 4.79 Å². The molecule has 3 nitrogen and oxygen atoms in total. The van der Waals surface area contributed by atoms with Crippen molar-refractivity contribution in [2.24, 2.45) is 11.8 Å². The van der Waals surface area contributed by atoms with Gasteiger partial charge in [-0.1, -0.05) is 195 Å². The van der Waals surface area contributed by atoms with Crippen LogP contribution in [0.4, 0.5) is 0 Å². The molecule has 0 aromatic heterocycles. The number of carbonyl (C=O) groups is 1. The molecule has 0 bridgehead atoms. The van der Waals surface area contributed by atoms with E-state index in [-0.39, 0.29) is 0 Å². The maximum absolute atomic E-state index is 10.6.